The molecular formula is C16H23BrN2. The van der Waals surface area contributed by atoms with Crippen LogP contribution in [0.2, 0.25) is 0 Å². The van der Waals surface area contributed by atoms with Gasteiger partial charge in [-0.15, -0.1) is 0 Å². The molecule has 1 aliphatic heterocycles. The molecule has 1 aromatic rings. The fourth-order valence-corrected chi connectivity index (χ4v) is 3.11. The van der Waals surface area contributed by atoms with Crippen LogP contribution < -0.4 is 10.2 Å². The Labute approximate surface area is 125 Å². The number of hydrogen-bond acceptors (Lipinski definition) is 2. The van der Waals surface area contributed by atoms with Crippen molar-refractivity contribution in [2.75, 3.05) is 24.5 Å². The highest BCUT2D eigenvalue weighted by atomic mass is 79.9. The lowest BCUT2D eigenvalue weighted by Crippen LogP contribution is -2.28. The molecule has 19 heavy (non-hydrogen) atoms. The van der Waals surface area contributed by atoms with E-state index >= 15 is 0 Å². The maximum absolute atomic E-state index is 3.73. The van der Waals surface area contributed by atoms with E-state index in [9.17, 15) is 0 Å². The molecular weight excluding hydrogens is 300 g/mol. The van der Waals surface area contributed by atoms with E-state index in [1.165, 1.54) is 27.7 Å². The zero-order valence-corrected chi connectivity index (χ0v) is 13.6. The molecule has 1 heterocycles. The van der Waals surface area contributed by atoms with Crippen molar-refractivity contribution in [3.8, 4) is 0 Å². The molecule has 1 aliphatic rings. The van der Waals surface area contributed by atoms with E-state index in [1.54, 1.807) is 0 Å². The average Bonchev–Trinajstić information content (AvgIpc) is 2.40. The van der Waals surface area contributed by atoms with Crippen molar-refractivity contribution >= 4 is 21.6 Å². The topological polar surface area (TPSA) is 15.3 Å². The molecule has 0 saturated carbocycles. The number of benzene rings is 1. The molecule has 2 nitrogen and oxygen atoms in total. The molecule has 1 unspecified atom stereocenters. The molecule has 0 fully saturated rings. The van der Waals surface area contributed by atoms with Crippen LogP contribution in [-0.2, 0) is 0 Å². The van der Waals surface area contributed by atoms with Gasteiger partial charge in [0.05, 0.1) is 5.69 Å². The Morgan fingerprint density at radius 2 is 2.21 bits per heavy atom. The quantitative estimate of drug-likeness (QED) is 0.832. The second-order valence-electron chi connectivity index (χ2n) is 5.24. The van der Waals surface area contributed by atoms with E-state index in [4.69, 9.17) is 0 Å². The molecule has 0 saturated heterocycles. The molecule has 3 heteroatoms. The van der Waals surface area contributed by atoms with Crippen molar-refractivity contribution in [1.29, 1.82) is 0 Å². The summed E-state index contributed by atoms with van der Waals surface area (Å²) in [6, 6.07) is 7.12. The lowest BCUT2D eigenvalue weighted by Gasteiger charge is -2.29. The van der Waals surface area contributed by atoms with E-state index in [0.717, 1.165) is 19.6 Å². The average molecular weight is 323 g/mol. The largest absolute Gasteiger partial charge is 0.367 e. The van der Waals surface area contributed by atoms with E-state index in [1.807, 2.05) is 0 Å². The van der Waals surface area contributed by atoms with Crippen molar-refractivity contribution < 1.29 is 0 Å². The van der Waals surface area contributed by atoms with Gasteiger partial charge in [0.2, 0.25) is 0 Å². The number of anilines is 1. The van der Waals surface area contributed by atoms with Crippen LogP contribution in [-0.4, -0.2) is 19.6 Å². The maximum atomic E-state index is 3.73. The van der Waals surface area contributed by atoms with Crippen LogP contribution >= 0.6 is 15.9 Å². The maximum Gasteiger partial charge on any atom is 0.0513 e. The van der Waals surface area contributed by atoms with Gasteiger partial charge in [0.1, 0.15) is 0 Å². The summed E-state index contributed by atoms with van der Waals surface area (Å²) in [6.07, 6.45) is 3.49. The monoisotopic (exact) mass is 322 g/mol. The summed E-state index contributed by atoms with van der Waals surface area (Å²) in [5.74, 6) is 0. The van der Waals surface area contributed by atoms with Crippen LogP contribution in [0.5, 0.6) is 0 Å². The second-order valence-corrected chi connectivity index (χ2v) is 6.09. The van der Waals surface area contributed by atoms with Crippen LogP contribution in [0, 0.1) is 0 Å². The van der Waals surface area contributed by atoms with Crippen LogP contribution in [0.3, 0.4) is 0 Å². The SMILES string of the molecule is CCNC(C)c1ccc(N2CC=C(C)CC2)c(Br)c1. The number of rotatable bonds is 4. The summed E-state index contributed by atoms with van der Waals surface area (Å²) in [7, 11) is 0. The van der Waals surface area contributed by atoms with Crippen molar-refractivity contribution in [3.63, 3.8) is 0 Å². The molecule has 1 N–H and O–H groups in total. The van der Waals surface area contributed by atoms with Crippen LogP contribution in [0.25, 0.3) is 0 Å². The highest BCUT2D eigenvalue weighted by molar-refractivity contribution is 9.10. The standard InChI is InChI=1S/C16H23BrN2/c1-4-18-13(3)14-5-6-16(15(17)11-14)19-9-7-12(2)8-10-19/h5-7,11,13,18H,4,8-10H2,1-3H3. The van der Waals surface area contributed by atoms with Crippen LogP contribution in [0.1, 0.15) is 38.8 Å². The first-order valence-electron chi connectivity index (χ1n) is 7.05. The Morgan fingerprint density at radius 1 is 1.42 bits per heavy atom. The lowest BCUT2D eigenvalue weighted by atomic mass is 10.1. The van der Waals surface area contributed by atoms with Gasteiger partial charge in [-0.1, -0.05) is 24.6 Å². The van der Waals surface area contributed by atoms with Crippen LogP contribution in [0.15, 0.2) is 34.3 Å². The van der Waals surface area contributed by atoms with E-state index in [0.29, 0.717) is 6.04 Å². The van der Waals surface area contributed by atoms with Gasteiger partial charge < -0.3 is 10.2 Å². The molecule has 1 aromatic carbocycles. The summed E-state index contributed by atoms with van der Waals surface area (Å²) in [4.78, 5) is 2.43. The Morgan fingerprint density at radius 3 is 2.79 bits per heavy atom. The molecule has 0 aromatic heterocycles. The first-order chi connectivity index (χ1) is 9.11. The number of hydrogen-bond donors (Lipinski definition) is 1. The fraction of sp³-hybridized carbons (Fsp3) is 0.500. The van der Waals surface area contributed by atoms with E-state index in [-0.39, 0.29) is 0 Å². The van der Waals surface area contributed by atoms with Gasteiger partial charge in [0, 0.05) is 23.6 Å². The Balaban J connectivity index is 2.15. The smallest absolute Gasteiger partial charge is 0.0513 e. The van der Waals surface area contributed by atoms with E-state index < -0.39 is 0 Å². The molecule has 0 spiro atoms. The minimum atomic E-state index is 0.402. The molecule has 1 atom stereocenters. The third-order valence-electron chi connectivity index (χ3n) is 3.76. The van der Waals surface area contributed by atoms with Gasteiger partial charge in [0.15, 0.2) is 0 Å². The van der Waals surface area contributed by atoms with Crippen molar-refractivity contribution in [1.82, 2.24) is 5.32 Å². The normalized spacial score (nSPS) is 17.3. The lowest BCUT2D eigenvalue weighted by molar-refractivity contribution is 0.598. The molecule has 0 amide bonds. The van der Waals surface area contributed by atoms with Crippen molar-refractivity contribution in [2.24, 2.45) is 0 Å². The first-order valence-corrected chi connectivity index (χ1v) is 7.84. The van der Waals surface area contributed by atoms with E-state index in [2.05, 4.69) is 71.2 Å². The van der Waals surface area contributed by atoms with Gasteiger partial charge in [-0.3, -0.25) is 0 Å². The predicted octanol–water partition coefficient (Wildman–Crippen LogP) is 4.28. The molecule has 2 rings (SSSR count). The van der Waals surface area contributed by atoms with Gasteiger partial charge in [0.25, 0.3) is 0 Å². The molecule has 0 bridgehead atoms. The highest BCUT2D eigenvalue weighted by Crippen LogP contribution is 2.31. The molecule has 104 valence electrons. The summed E-state index contributed by atoms with van der Waals surface area (Å²) in [6.45, 7) is 9.69. The van der Waals surface area contributed by atoms with Crippen LogP contribution in [0.4, 0.5) is 5.69 Å². The van der Waals surface area contributed by atoms with Gasteiger partial charge in [-0.05, 0) is 60.4 Å². The van der Waals surface area contributed by atoms with Crippen molar-refractivity contribution in [3.05, 3.63) is 39.9 Å². The zero-order valence-electron chi connectivity index (χ0n) is 12.0. The summed E-state index contributed by atoms with van der Waals surface area (Å²) < 4.78 is 1.20. The Hall–Kier alpha value is -0.800. The van der Waals surface area contributed by atoms with Crippen molar-refractivity contribution in [2.45, 2.75) is 33.2 Å². The predicted molar refractivity (Wildman–Crippen MR) is 86.8 cm³/mol. The first kappa shape index (κ1) is 14.6. The second kappa shape index (κ2) is 6.58. The number of halogens is 1. The summed E-state index contributed by atoms with van der Waals surface area (Å²) >= 11 is 3.73. The minimum absolute atomic E-state index is 0.402. The Bertz CT molecular complexity index is 468. The number of nitrogens with zero attached hydrogens (tertiary/aromatic N) is 1. The van der Waals surface area contributed by atoms with Gasteiger partial charge in [-0.2, -0.15) is 0 Å². The Kier molecular flexibility index (Phi) is 5.06. The van der Waals surface area contributed by atoms with Gasteiger partial charge in [-0.25, -0.2) is 0 Å². The third kappa shape index (κ3) is 3.61. The molecule has 0 radical (unpaired) electrons. The summed E-state index contributed by atoms with van der Waals surface area (Å²) in [5, 5.41) is 3.45. The third-order valence-corrected chi connectivity index (χ3v) is 4.39. The summed E-state index contributed by atoms with van der Waals surface area (Å²) in [5.41, 5.74) is 4.14. The number of nitrogens with one attached hydrogen (secondary N) is 1. The van der Waals surface area contributed by atoms with Gasteiger partial charge >= 0.3 is 0 Å². The fourth-order valence-electron chi connectivity index (χ4n) is 2.46. The minimum Gasteiger partial charge on any atom is -0.367 e. The highest BCUT2D eigenvalue weighted by Gasteiger charge is 2.14. The molecule has 0 aliphatic carbocycles. The zero-order chi connectivity index (χ0) is 13.8.